The van der Waals surface area contributed by atoms with E-state index in [0.717, 1.165) is 12.1 Å². The Kier molecular flexibility index (Phi) is 5.19. The summed E-state index contributed by atoms with van der Waals surface area (Å²) in [5, 5.41) is 10.8. The summed E-state index contributed by atoms with van der Waals surface area (Å²) >= 11 is 2.90. The average Bonchev–Trinajstić information content (AvgIpc) is 3.05. The fourth-order valence-electron chi connectivity index (χ4n) is 1.73. The van der Waals surface area contributed by atoms with Gasteiger partial charge >= 0.3 is 0 Å². The zero-order valence-corrected chi connectivity index (χ0v) is 14.0. The quantitative estimate of drug-likeness (QED) is 0.761. The first-order valence-corrected chi connectivity index (χ1v) is 8.56. The van der Waals surface area contributed by atoms with Crippen LogP contribution < -0.4 is 16.4 Å². The van der Waals surface area contributed by atoms with Crippen LogP contribution in [-0.4, -0.2) is 17.4 Å². The maximum atomic E-state index is 12.3. The van der Waals surface area contributed by atoms with Crippen molar-refractivity contribution in [3.8, 4) is 0 Å². The van der Waals surface area contributed by atoms with Crippen LogP contribution in [0.15, 0.2) is 16.8 Å². The van der Waals surface area contributed by atoms with Gasteiger partial charge in [0, 0.05) is 6.54 Å². The Morgan fingerprint density at radius 2 is 2.19 bits per heavy atom. The number of nitrogen functional groups attached to an aromatic ring is 1. The molecule has 0 bridgehead atoms. The molecular formula is C14H20N4OS2. The van der Waals surface area contributed by atoms with E-state index in [9.17, 15) is 4.79 Å². The largest absolute Gasteiger partial charge is 0.382 e. The van der Waals surface area contributed by atoms with E-state index < -0.39 is 0 Å². The second-order valence-electron chi connectivity index (χ2n) is 5.26. The summed E-state index contributed by atoms with van der Waals surface area (Å²) in [7, 11) is 0. The summed E-state index contributed by atoms with van der Waals surface area (Å²) < 4.78 is 0. The van der Waals surface area contributed by atoms with E-state index in [1.807, 2.05) is 23.8 Å². The third kappa shape index (κ3) is 4.18. The number of amides is 1. The minimum atomic E-state index is -0.179. The molecule has 0 fully saturated rings. The van der Waals surface area contributed by atoms with E-state index in [1.54, 1.807) is 11.3 Å². The number of nitrogens with zero attached hydrogens (tertiary/aromatic N) is 1. The topological polar surface area (TPSA) is 80.0 Å². The van der Waals surface area contributed by atoms with Crippen molar-refractivity contribution in [1.29, 1.82) is 0 Å². The predicted molar refractivity (Wildman–Crippen MR) is 90.1 cm³/mol. The third-order valence-corrected chi connectivity index (χ3v) is 4.64. The number of carbonyl (C=O) groups excluding carboxylic acids is 1. The number of thiazole rings is 1. The summed E-state index contributed by atoms with van der Waals surface area (Å²) in [6, 6.07) is 1.96. The molecule has 21 heavy (non-hydrogen) atoms. The van der Waals surface area contributed by atoms with Gasteiger partial charge in [-0.25, -0.2) is 4.98 Å². The fourth-order valence-corrected chi connectivity index (χ4v) is 3.28. The molecule has 1 unspecified atom stereocenters. The van der Waals surface area contributed by atoms with Crippen molar-refractivity contribution in [2.24, 2.45) is 5.92 Å². The highest BCUT2D eigenvalue weighted by Crippen LogP contribution is 2.26. The maximum Gasteiger partial charge on any atom is 0.265 e. The highest BCUT2D eigenvalue weighted by atomic mass is 32.1. The third-order valence-electron chi connectivity index (χ3n) is 2.91. The lowest BCUT2D eigenvalue weighted by molar-refractivity contribution is 0.0944. The van der Waals surface area contributed by atoms with Gasteiger partial charge < -0.3 is 16.4 Å². The number of anilines is 2. The van der Waals surface area contributed by atoms with E-state index in [4.69, 9.17) is 5.73 Å². The first-order valence-electron chi connectivity index (χ1n) is 6.80. The molecule has 5 nitrogen and oxygen atoms in total. The number of thiophene rings is 1. The Morgan fingerprint density at radius 1 is 1.43 bits per heavy atom. The number of aromatic nitrogens is 1. The Balaban J connectivity index is 2.02. The molecule has 1 atom stereocenters. The van der Waals surface area contributed by atoms with Crippen molar-refractivity contribution in [3.05, 3.63) is 27.3 Å². The molecule has 0 saturated heterocycles. The smallest absolute Gasteiger partial charge is 0.265 e. The van der Waals surface area contributed by atoms with Gasteiger partial charge in [0.1, 0.15) is 10.7 Å². The normalized spacial score (nSPS) is 12.4. The van der Waals surface area contributed by atoms with Crippen LogP contribution in [0.3, 0.4) is 0 Å². The standard InChI is InChI=1S/C14H20N4OS2/c1-8(2)6-16-14-18-12(15)11(21-14)13(19)17-9(3)10-4-5-20-7-10/h4-5,7-9H,6,15H2,1-3H3,(H,16,18)(H,17,19). The lowest BCUT2D eigenvalue weighted by Crippen LogP contribution is -2.26. The van der Waals surface area contributed by atoms with Crippen LogP contribution in [0.2, 0.25) is 0 Å². The van der Waals surface area contributed by atoms with E-state index in [-0.39, 0.29) is 17.8 Å². The molecule has 0 aliphatic carbocycles. The Morgan fingerprint density at radius 3 is 2.81 bits per heavy atom. The van der Waals surface area contributed by atoms with Gasteiger partial charge in [-0.3, -0.25) is 4.79 Å². The lowest BCUT2D eigenvalue weighted by atomic mass is 10.2. The molecule has 4 N–H and O–H groups in total. The molecule has 1 amide bonds. The van der Waals surface area contributed by atoms with Crippen LogP contribution in [0, 0.1) is 5.92 Å². The SMILES string of the molecule is CC(C)CNc1nc(N)c(C(=O)NC(C)c2ccsc2)s1. The number of carbonyl (C=O) groups is 1. The molecule has 0 aromatic carbocycles. The summed E-state index contributed by atoms with van der Waals surface area (Å²) in [5.74, 6) is 0.605. The predicted octanol–water partition coefficient (Wildman–Crippen LogP) is 3.35. The minimum Gasteiger partial charge on any atom is -0.382 e. The molecule has 0 saturated carbocycles. The van der Waals surface area contributed by atoms with E-state index in [1.165, 1.54) is 11.3 Å². The highest BCUT2D eigenvalue weighted by molar-refractivity contribution is 7.18. The van der Waals surface area contributed by atoms with Crippen LogP contribution in [0.4, 0.5) is 10.9 Å². The summed E-state index contributed by atoms with van der Waals surface area (Å²) in [5.41, 5.74) is 6.94. The van der Waals surface area contributed by atoms with Crippen LogP contribution >= 0.6 is 22.7 Å². The Hall–Kier alpha value is -1.60. The van der Waals surface area contributed by atoms with Crippen LogP contribution in [0.5, 0.6) is 0 Å². The summed E-state index contributed by atoms with van der Waals surface area (Å²) in [6.07, 6.45) is 0. The Labute approximate surface area is 132 Å². The summed E-state index contributed by atoms with van der Waals surface area (Å²) in [4.78, 5) is 16.9. The van der Waals surface area contributed by atoms with Crippen molar-refractivity contribution < 1.29 is 4.79 Å². The lowest BCUT2D eigenvalue weighted by Gasteiger charge is -2.11. The zero-order chi connectivity index (χ0) is 15.4. The van der Waals surface area contributed by atoms with E-state index >= 15 is 0 Å². The fraction of sp³-hybridized carbons (Fsp3) is 0.429. The van der Waals surface area contributed by atoms with E-state index in [2.05, 4.69) is 29.5 Å². The van der Waals surface area contributed by atoms with Gasteiger partial charge in [0.05, 0.1) is 6.04 Å². The van der Waals surface area contributed by atoms with Gasteiger partial charge in [0.15, 0.2) is 5.13 Å². The number of hydrogen-bond donors (Lipinski definition) is 3. The van der Waals surface area contributed by atoms with Crippen molar-refractivity contribution in [2.75, 3.05) is 17.6 Å². The first kappa shape index (κ1) is 15.8. The molecule has 2 aromatic heterocycles. The van der Waals surface area contributed by atoms with Gasteiger partial charge in [-0.2, -0.15) is 11.3 Å². The van der Waals surface area contributed by atoms with Gasteiger partial charge in [0.2, 0.25) is 0 Å². The van der Waals surface area contributed by atoms with Gasteiger partial charge in [-0.15, -0.1) is 0 Å². The molecule has 2 heterocycles. The van der Waals surface area contributed by atoms with Crippen molar-refractivity contribution in [1.82, 2.24) is 10.3 Å². The second kappa shape index (κ2) is 6.91. The molecular weight excluding hydrogens is 304 g/mol. The molecule has 7 heteroatoms. The Bertz CT molecular complexity index is 592. The second-order valence-corrected chi connectivity index (χ2v) is 7.04. The van der Waals surface area contributed by atoms with Crippen molar-refractivity contribution in [3.63, 3.8) is 0 Å². The molecule has 0 aliphatic rings. The van der Waals surface area contributed by atoms with Crippen LogP contribution in [0.1, 0.15) is 42.0 Å². The van der Waals surface area contributed by atoms with Crippen LogP contribution in [-0.2, 0) is 0 Å². The number of nitrogens with one attached hydrogen (secondary N) is 2. The monoisotopic (exact) mass is 324 g/mol. The molecule has 0 aliphatic heterocycles. The number of rotatable bonds is 6. The zero-order valence-electron chi connectivity index (χ0n) is 12.3. The first-order chi connectivity index (χ1) is 9.97. The average molecular weight is 324 g/mol. The molecule has 0 radical (unpaired) electrons. The molecule has 2 rings (SSSR count). The van der Waals surface area contributed by atoms with Gasteiger partial charge in [0.25, 0.3) is 5.91 Å². The van der Waals surface area contributed by atoms with Crippen molar-refractivity contribution >= 4 is 39.5 Å². The van der Waals surface area contributed by atoms with E-state index in [0.29, 0.717) is 15.9 Å². The molecule has 0 spiro atoms. The number of nitrogens with two attached hydrogens (primary N) is 1. The highest BCUT2D eigenvalue weighted by Gasteiger charge is 2.18. The maximum absolute atomic E-state index is 12.3. The van der Waals surface area contributed by atoms with Crippen molar-refractivity contribution in [2.45, 2.75) is 26.8 Å². The van der Waals surface area contributed by atoms with Crippen LogP contribution in [0.25, 0.3) is 0 Å². The van der Waals surface area contributed by atoms with Gasteiger partial charge in [-0.05, 0) is 35.2 Å². The molecule has 2 aromatic rings. The molecule has 114 valence electrons. The summed E-state index contributed by atoms with van der Waals surface area (Å²) in [6.45, 7) is 6.98. The number of hydrogen-bond acceptors (Lipinski definition) is 6. The minimum absolute atomic E-state index is 0.0441. The van der Waals surface area contributed by atoms with Gasteiger partial charge in [-0.1, -0.05) is 25.2 Å².